The Labute approximate surface area is 180 Å². The zero-order chi connectivity index (χ0) is 20.6. The lowest BCUT2D eigenvalue weighted by atomic mass is 9.97. The van der Waals surface area contributed by atoms with Gasteiger partial charge in [-0.1, -0.05) is 35.5 Å². The molecule has 1 aliphatic heterocycles. The Bertz CT molecular complexity index is 914. The predicted octanol–water partition coefficient (Wildman–Crippen LogP) is 3.59. The van der Waals surface area contributed by atoms with Gasteiger partial charge in [0.05, 0.1) is 24.5 Å². The molecule has 1 aromatic carbocycles. The lowest BCUT2D eigenvalue weighted by molar-refractivity contribution is -0.126. The van der Waals surface area contributed by atoms with Gasteiger partial charge in [-0.15, -0.1) is 0 Å². The number of likely N-dealkylation sites (tertiary alicyclic amines) is 1. The molecule has 1 N–H and O–H groups in total. The summed E-state index contributed by atoms with van der Waals surface area (Å²) in [6.07, 6.45) is 3.59. The van der Waals surface area contributed by atoms with Crippen molar-refractivity contribution in [1.82, 2.24) is 20.4 Å². The number of carbonyl (C=O) groups is 1. The molecule has 1 aliphatic rings. The molecule has 0 bridgehead atoms. The zero-order valence-corrected chi connectivity index (χ0v) is 17.6. The van der Waals surface area contributed by atoms with E-state index in [0.29, 0.717) is 31.3 Å². The summed E-state index contributed by atoms with van der Waals surface area (Å²) in [5.41, 5.74) is 0.938. The number of piperidine rings is 1. The Kier molecular flexibility index (Phi) is 7.20. The molecule has 2 aromatic heterocycles. The molecule has 30 heavy (non-hydrogen) atoms. The van der Waals surface area contributed by atoms with E-state index in [1.807, 2.05) is 42.5 Å². The van der Waals surface area contributed by atoms with Gasteiger partial charge in [-0.3, -0.25) is 9.69 Å². The number of hydrogen-bond acceptors (Lipinski definition) is 7. The van der Waals surface area contributed by atoms with Gasteiger partial charge in [0, 0.05) is 24.4 Å². The van der Waals surface area contributed by atoms with Gasteiger partial charge in [-0.25, -0.2) is 0 Å². The molecular weight excluding hydrogens is 400 g/mol. The van der Waals surface area contributed by atoms with E-state index in [2.05, 4.69) is 20.4 Å². The summed E-state index contributed by atoms with van der Waals surface area (Å²) in [5, 5.41) is 7.16. The Hall–Kier alpha value is -2.58. The summed E-state index contributed by atoms with van der Waals surface area (Å²) in [6.45, 7) is 2.90. The van der Waals surface area contributed by atoms with Crippen molar-refractivity contribution in [3.8, 4) is 11.4 Å². The predicted molar refractivity (Wildman–Crippen MR) is 116 cm³/mol. The molecule has 1 saturated heterocycles. The van der Waals surface area contributed by atoms with Crippen molar-refractivity contribution in [1.29, 1.82) is 0 Å². The van der Waals surface area contributed by atoms with Gasteiger partial charge in [0.2, 0.25) is 17.6 Å². The highest BCUT2D eigenvalue weighted by atomic mass is 32.2. The molecule has 4 rings (SSSR count). The van der Waals surface area contributed by atoms with Crippen molar-refractivity contribution in [2.75, 3.05) is 25.4 Å². The summed E-state index contributed by atoms with van der Waals surface area (Å²) < 4.78 is 10.7. The molecule has 3 aromatic rings. The van der Waals surface area contributed by atoms with Gasteiger partial charge >= 0.3 is 0 Å². The fraction of sp³-hybridized carbons (Fsp3) is 0.409. The Morgan fingerprint density at radius 2 is 2.13 bits per heavy atom. The minimum atomic E-state index is 0.00494. The first kappa shape index (κ1) is 20.7. The number of amides is 1. The van der Waals surface area contributed by atoms with E-state index < -0.39 is 0 Å². The summed E-state index contributed by atoms with van der Waals surface area (Å²) in [4.78, 5) is 19.3. The number of thioether (sulfide) groups is 1. The number of furan rings is 1. The fourth-order valence-electron chi connectivity index (χ4n) is 3.59. The monoisotopic (exact) mass is 426 g/mol. The summed E-state index contributed by atoms with van der Waals surface area (Å²) in [7, 11) is 0. The van der Waals surface area contributed by atoms with Crippen LogP contribution in [0.25, 0.3) is 11.4 Å². The normalized spacial score (nSPS) is 17.1. The molecule has 7 nitrogen and oxygen atoms in total. The first-order chi connectivity index (χ1) is 14.8. The van der Waals surface area contributed by atoms with Crippen LogP contribution in [-0.4, -0.2) is 46.3 Å². The van der Waals surface area contributed by atoms with Gasteiger partial charge < -0.3 is 14.3 Å². The molecule has 0 spiro atoms. The zero-order valence-electron chi connectivity index (χ0n) is 16.8. The van der Waals surface area contributed by atoms with E-state index in [9.17, 15) is 4.79 Å². The van der Waals surface area contributed by atoms with Crippen molar-refractivity contribution in [2.24, 2.45) is 5.92 Å². The van der Waals surface area contributed by atoms with E-state index in [1.54, 1.807) is 18.0 Å². The van der Waals surface area contributed by atoms with E-state index in [0.717, 1.165) is 42.2 Å². The second kappa shape index (κ2) is 10.4. The number of aromatic nitrogens is 2. The third kappa shape index (κ3) is 5.73. The quantitative estimate of drug-likeness (QED) is 0.524. The van der Waals surface area contributed by atoms with Gasteiger partial charge in [-0.05, 0) is 31.5 Å². The van der Waals surface area contributed by atoms with E-state index >= 15 is 0 Å². The maximum Gasteiger partial charge on any atom is 0.241 e. The molecule has 3 heterocycles. The molecule has 8 heteroatoms. The molecule has 1 unspecified atom stereocenters. The number of nitrogens with zero attached hydrogens (tertiary/aromatic N) is 3. The molecule has 0 aliphatic carbocycles. The lowest BCUT2D eigenvalue weighted by Gasteiger charge is -2.30. The lowest BCUT2D eigenvalue weighted by Crippen LogP contribution is -2.43. The Balaban J connectivity index is 1.20. The van der Waals surface area contributed by atoms with Crippen molar-refractivity contribution >= 4 is 17.7 Å². The fourth-order valence-corrected chi connectivity index (χ4v) is 4.34. The average molecular weight is 427 g/mol. The van der Waals surface area contributed by atoms with Gasteiger partial charge in [-0.2, -0.15) is 16.7 Å². The molecule has 0 saturated carbocycles. The van der Waals surface area contributed by atoms with Crippen LogP contribution in [0.2, 0.25) is 0 Å². The van der Waals surface area contributed by atoms with Gasteiger partial charge in [0.1, 0.15) is 5.76 Å². The summed E-state index contributed by atoms with van der Waals surface area (Å²) in [5.74, 6) is 3.99. The van der Waals surface area contributed by atoms with Crippen LogP contribution in [0.15, 0.2) is 57.7 Å². The highest BCUT2D eigenvalue weighted by Crippen LogP contribution is 2.20. The second-order valence-electron chi connectivity index (χ2n) is 7.37. The van der Waals surface area contributed by atoms with Gasteiger partial charge in [0.25, 0.3) is 0 Å². The topological polar surface area (TPSA) is 84.4 Å². The van der Waals surface area contributed by atoms with Crippen LogP contribution in [0, 0.1) is 5.92 Å². The van der Waals surface area contributed by atoms with E-state index in [4.69, 9.17) is 8.94 Å². The van der Waals surface area contributed by atoms with Crippen molar-refractivity contribution in [2.45, 2.75) is 25.1 Å². The summed E-state index contributed by atoms with van der Waals surface area (Å²) in [6, 6.07) is 13.6. The van der Waals surface area contributed by atoms with Crippen molar-refractivity contribution in [3.63, 3.8) is 0 Å². The molecular formula is C22H26N4O3S. The second-order valence-corrected chi connectivity index (χ2v) is 8.48. The SMILES string of the molecule is O=C(NCCSCc1ccco1)C1CCCN(Cc2nc(-c3ccccc3)no2)C1. The highest BCUT2D eigenvalue weighted by Gasteiger charge is 2.26. The van der Waals surface area contributed by atoms with E-state index in [-0.39, 0.29) is 11.8 Å². The van der Waals surface area contributed by atoms with Crippen LogP contribution in [0.1, 0.15) is 24.5 Å². The highest BCUT2D eigenvalue weighted by molar-refractivity contribution is 7.98. The number of rotatable bonds is 9. The van der Waals surface area contributed by atoms with Crippen LogP contribution in [0.3, 0.4) is 0 Å². The molecule has 1 atom stereocenters. The molecule has 158 valence electrons. The van der Waals surface area contributed by atoms with Crippen molar-refractivity contribution < 1.29 is 13.7 Å². The van der Waals surface area contributed by atoms with Crippen LogP contribution in [0.4, 0.5) is 0 Å². The molecule has 0 radical (unpaired) electrons. The van der Waals surface area contributed by atoms with Crippen LogP contribution < -0.4 is 5.32 Å². The van der Waals surface area contributed by atoms with Crippen LogP contribution in [-0.2, 0) is 17.1 Å². The standard InChI is InChI=1S/C22H26N4O3S/c27-22(23-10-13-30-16-19-9-5-12-28-19)18-8-4-11-26(14-18)15-20-24-21(25-29-20)17-6-2-1-3-7-17/h1-3,5-7,9,12,18H,4,8,10-11,13-16H2,(H,23,27). The Morgan fingerprint density at radius 1 is 1.23 bits per heavy atom. The largest absolute Gasteiger partial charge is 0.468 e. The molecule has 1 amide bonds. The summed E-state index contributed by atoms with van der Waals surface area (Å²) >= 11 is 1.76. The third-order valence-corrected chi connectivity index (χ3v) is 6.09. The Morgan fingerprint density at radius 3 is 2.97 bits per heavy atom. The van der Waals surface area contributed by atoms with Crippen molar-refractivity contribution in [3.05, 3.63) is 60.4 Å². The van der Waals surface area contributed by atoms with E-state index in [1.165, 1.54) is 0 Å². The first-order valence-electron chi connectivity index (χ1n) is 10.3. The average Bonchev–Trinajstić information content (AvgIpc) is 3.46. The first-order valence-corrected chi connectivity index (χ1v) is 11.4. The number of benzene rings is 1. The third-order valence-electron chi connectivity index (χ3n) is 5.11. The number of hydrogen-bond donors (Lipinski definition) is 1. The van der Waals surface area contributed by atoms with Gasteiger partial charge in [0.15, 0.2) is 0 Å². The maximum atomic E-state index is 12.6. The molecule has 1 fully saturated rings. The maximum absolute atomic E-state index is 12.6. The minimum Gasteiger partial charge on any atom is -0.468 e. The smallest absolute Gasteiger partial charge is 0.241 e. The number of carbonyl (C=O) groups excluding carboxylic acids is 1. The number of nitrogens with one attached hydrogen (secondary N) is 1. The minimum absolute atomic E-state index is 0.00494. The van der Waals surface area contributed by atoms with Crippen LogP contribution in [0.5, 0.6) is 0 Å². The van der Waals surface area contributed by atoms with Crippen LogP contribution >= 0.6 is 11.8 Å².